The van der Waals surface area contributed by atoms with Crippen LogP contribution in [-0.4, -0.2) is 47.7 Å². The normalized spacial score (nSPS) is 23.1. The molecule has 22 heavy (non-hydrogen) atoms. The van der Waals surface area contributed by atoms with Gasteiger partial charge in [0.1, 0.15) is 0 Å². The van der Waals surface area contributed by atoms with E-state index in [4.69, 9.17) is 9.84 Å². The highest BCUT2D eigenvalue weighted by Gasteiger charge is 2.51. The van der Waals surface area contributed by atoms with Gasteiger partial charge in [-0.05, 0) is 24.8 Å². The summed E-state index contributed by atoms with van der Waals surface area (Å²) in [4.78, 5) is 25.5. The van der Waals surface area contributed by atoms with Gasteiger partial charge in [-0.25, -0.2) is 0 Å². The molecule has 1 aliphatic carbocycles. The number of carboxylic acid groups (broad SMARTS) is 1. The Balaban J connectivity index is 1.64. The monoisotopic (exact) mass is 303 g/mol. The summed E-state index contributed by atoms with van der Waals surface area (Å²) < 4.78 is 5.45. The van der Waals surface area contributed by atoms with Gasteiger partial charge in [0.05, 0.1) is 24.5 Å². The van der Waals surface area contributed by atoms with E-state index >= 15 is 0 Å². The molecule has 1 atom stereocenters. The maximum Gasteiger partial charge on any atom is 0.306 e. The van der Waals surface area contributed by atoms with Crippen LogP contribution in [-0.2, 0) is 20.7 Å². The fourth-order valence-electron chi connectivity index (χ4n) is 3.16. The van der Waals surface area contributed by atoms with E-state index in [0.717, 1.165) is 19.3 Å². The first-order chi connectivity index (χ1) is 10.6. The highest BCUT2D eigenvalue weighted by molar-refractivity contribution is 5.86. The van der Waals surface area contributed by atoms with E-state index in [1.807, 2.05) is 18.2 Å². The lowest BCUT2D eigenvalue weighted by molar-refractivity contribution is -0.150. The topological polar surface area (TPSA) is 66.8 Å². The Morgan fingerprint density at radius 3 is 2.64 bits per heavy atom. The van der Waals surface area contributed by atoms with E-state index in [1.54, 1.807) is 4.90 Å². The lowest BCUT2D eigenvalue weighted by Gasteiger charge is -2.34. The van der Waals surface area contributed by atoms with Crippen LogP contribution in [0.3, 0.4) is 0 Å². The lowest BCUT2D eigenvalue weighted by Crippen LogP contribution is -2.49. The molecule has 5 heteroatoms. The second-order valence-corrected chi connectivity index (χ2v) is 6.28. The van der Waals surface area contributed by atoms with Gasteiger partial charge in [-0.1, -0.05) is 30.3 Å². The molecule has 3 rings (SSSR count). The van der Waals surface area contributed by atoms with Gasteiger partial charge in [0.2, 0.25) is 5.91 Å². The van der Waals surface area contributed by atoms with Crippen LogP contribution in [0.2, 0.25) is 0 Å². The maximum absolute atomic E-state index is 12.8. The van der Waals surface area contributed by atoms with Gasteiger partial charge in [-0.3, -0.25) is 9.59 Å². The average Bonchev–Trinajstić information content (AvgIpc) is 3.28. The number of morpholine rings is 1. The second-order valence-electron chi connectivity index (χ2n) is 6.28. The van der Waals surface area contributed by atoms with E-state index in [2.05, 4.69) is 12.1 Å². The molecule has 1 aliphatic heterocycles. The molecule has 118 valence electrons. The molecule has 2 fully saturated rings. The van der Waals surface area contributed by atoms with Crippen LogP contribution in [0.4, 0.5) is 0 Å². The smallest absolute Gasteiger partial charge is 0.306 e. The number of carbonyl (C=O) groups is 2. The largest absolute Gasteiger partial charge is 0.481 e. The molecule has 0 spiro atoms. The third-order valence-corrected chi connectivity index (χ3v) is 4.52. The molecule has 1 N–H and O–H groups in total. The van der Waals surface area contributed by atoms with Crippen LogP contribution in [0.1, 0.15) is 24.8 Å². The van der Waals surface area contributed by atoms with Crippen LogP contribution in [0, 0.1) is 5.41 Å². The summed E-state index contributed by atoms with van der Waals surface area (Å²) in [5.74, 6) is -0.722. The standard InChI is InChI=1S/C17H21NO4/c19-15(20)10-14-12-18(8-9-22-14)16(21)17(6-7-17)11-13-4-2-1-3-5-13/h1-5,14H,6-12H2,(H,19,20)/t14-/m1/s1. The van der Waals surface area contributed by atoms with Gasteiger partial charge in [-0.15, -0.1) is 0 Å². The first-order valence-corrected chi connectivity index (χ1v) is 7.76. The molecule has 1 saturated heterocycles. The lowest BCUT2D eigenvalue weighted by atomic mass is 9.94. The molecule has 0 aromatic heterocycles. The fraction of sp³-hybridized carbons (Fsp3) is 0.529. The van der Waals surface area contributed by atoms with E-state index in [9.17, 15) is 9.59 Å². The molecule has 0 radical (unpaired) electrons. The zero-order valence-corrected chi connectivity index (χ0v) is 12.5. The molecule has 1 aromatic rings. The van der Waals surface area contributed by atoms with Gasteiger partial charge in [0.25, 0.3) is 0 Å². The van der Waals surface area contributed by atoms with Crippen molar-refractivity contribution in [2.45, 2.75) is 31.8 Å². The maximum atomic E-state index is 12.8. The van der Waals surface area contributed by atoms with Gasteiger partial charge in [0, 0.05) is 13.1 Å². The number of aliphatic carboxylic acids is 1. The molecular formula is C17H21NO4. The summed E-state index contributed by atoms with van der Waals surface area (Å²) in [5.41, 5.74) is 0.913. The van der Waals surface area contributed by atoms with Crippen molar-refractivity contribution in [2.24, 2.45) is 5.41 Å². The molecule has 1 saturated carbocycles. The minimum Gasteiger partial charge on any atom is -0.481 e. The van der Waals surface area contributed by atoms with Gasteiger partial charge in [-0.2, -0.15) is 0 Å². The summed E-state index contributed by atoms with van der Waals surface area (Å²) in [6.07, 6.45) is 2.18. The van der Waals surface area contributed by atoms with Gasteiger partial charge in [0.15, 0.2) is 0 Å². The molecule has 1 aromatic carbocycles. The summed E-state index contributed by atoms with van der Waals surface area (Å²) in [5, 5.41) is 8.87. The van der Waals surface area contributed by atoms with Crippen LogP contribution < -0.4 is 0 Å². The summed E-state index contributed by atoms with van der Waals surface area (Å²) in [7, 11) is 0. The van der Waals surface area contributed by atoms with Crippen molar-refractivity contribution in [3.63, 3.8) is 0 Å². The quantitative estimate of drug-likeness (QED) is 0.899. The van der Waals surface area contributed by atoms with Crippen molar-refractivity contribution >= 4 is 11.9 Å². The van der Waals surface area contributed by atoms with Crippen molar-refractivity contribution in [3.05, 3.63) is 35.9 Å². The Bertz CT molecular complexity index is 553. The van der Waals surface area contributed by atoms with Crippen LogP contribution >= 0.6 is 0 Å². The molecular weight excluding hydrogens is 282 g/mol. The molecule has 5 nitrogen and oxygen atoms in total. The number of hydrogen-bond acceptors (Lipinski definition) is 3. The number of rotatable bonds is 5. The zero-order chi connectivity index (χ0) is 15.6. The number of hydrogen-bond donors (Lipinski definition) is 1. The highest BCUT2D eigenvalue weighted by atomic mass is 16.5. The van der Waals surface area contributed by atoms with Crippen molar-refractivity contribution in [1.82, 2.24) is 4.90 Å². The van der Waals surface area contributed by atoms with Crippen molar-refractivity contribution in [2.75, 3.05) is 19.7 Å². The number of amides is 1. The third kappa shape index (κ3) is 3.30. The van der Waals surface area contributed by atoms with Crippen LogP contribution in [0.5, 0.6) is 0 Å². The summed E-state index contributed by atoms with van der Waals surface area (Å²) in [6.45, 7) is 1.37. The third-order valence-electron chi connectivity index (χ3n) is 4.52. The molecule has 2 aliphatic rings. The summed E-state index contributed by atoms with van der Waals surface area (Å²) >= 11 is 0. The number of benzene rings is 1. The first-order valence-electron chi connectivity index (χ1n) is 7.76. The number of ether oxygens (including phenoxy) is 1. The van der Waals surface area contributed by atoms with Crippen molar-refractivity contribution < 1.29 is 19.4 Å². The van der Waals surface area contributed by atoms with E-state index < -0.39 is 5.97 Å². The first kappa shape index (κ1) is 15.0. The summed E-state index contributed by atoms with van der Waals surface area (Å²) in [6, 6.07) is 10.1. The molecule has 1 heterocycles. The van der Waals surface area contributed by atoms with E-state index in [0.29, 0.717) is 19.7 Å². The predicted molar refractivity (Wildman–Crippen MR) is 80.4 cm³/mol. The molecule has 1 amide bonds. The average molecular weight is 303 g/mol. The predicted octanol–water partition coefficient (Wildman–Crippen LogP) is 1.71. The van der Waals surface area contributed by atoms with Gasteiger partial charge >= 0.3 is 5.97 Å². The van der Waals surface area contributed by atoms with Crippen molar-refractivity contribution in [3.8, 4) is 0 Å². The Morgan fingerprint density at radius 1 is 1.27 bits per heavy atom. The van der Waals surface area contributed by atoms with E-state index in [-0.39, 0.29) is 23.8 Å². The van der Waals surface area contributed by atoms with Gasteiger partial charge < -0.3 is 14.7 Å². The Labute approximate surface area is 129 Å². The molecule has 0 bridgehead atoms. The van der Waals surface area contributed by atoms with Crippen LogP contribution in [0.25, 0.3) is 0 Å². The number of carbonyl (C=O) groups excluding carboxylic acids is 1. The Hall–Kier alpha value is -1.88. The van der Waals surface area contributed by atoms with Crippen LogP contribution in [0.15, 0.2) is 30.3 Å². The van der Waals surface area contributed by atoms with Crippen molar-refractivity contribution in [1.29, 1.82) is 0 Å². The highest BCUT2D eigenvalue weighted by Crippen LogP contribution is 2.50. The van der Waals surface area contributed by atoms with E-state index in [1.165, 1.54) is 5.56 Å². The minimum atomic E-state index is -0.885. The SMILES string of the molecule is O=C(O)C[C@@H]1CN(C(=O)C2(Cc3ccccc3)CC2)CCO1. The zero-order valence-electron chi connectivity index (χ0n) is 12.5. The minimum absolute atomic E-state index is 0.0462. The number of carboxylic acids is 1. The number of nitrogens with zero attached hydrogens (tertiary/aromatic N) is 1. The molecule has 0 unspecified atom stereocenters. The Morgan fingerprint density at radius 2 is 2.00 bits per heavy atom. The fourth-order valence-corrected chi connectivity index (χ4v) is 3.16. The second kappa shape index (κ2) is 6.08. The Kier molecular flexibility index (Phi) is 4.16.